The van der Waals surface area contributed by atoms with E-state index in [2.05, 4.69) is 0 Å². The first kappa shape index (κ1) is 28.5. The Kier molecular flexibility index (Phi) is 8.97. The molecular formula is C25H16Cl2F3NO7. The summed E-state index contributed by atoms with van der Waals surface area (Å²) in [6, 6.07) is 14.6. The largest absolute Gasteiger partial charge is 0.478 e. The van der Waals surface area contributed by atoms with Crippen molar-refractivity contribution in [2.45, 2.75) is 18.4 Å². The normalized spacial score (nSPS) is 12.7. The molecule has 1 amide bonds. The predicted octanol–water partition coefficient (Wildman–Crippen LogP) is 5.49. The maximum Gasteiger partial charge on any atom is 0.418 e. The van der Waals surface area contributed by atoms with Gasteiger partial charge in [0.05, 0.1) is 32.4 Å². The minimum absolute atomic E-state index is 0.116. The molecule has 3 aromatic rings. The molecule has 8 nitrogen and oxygen atoms in total. The lowest BCUT2D eigenvalue weighted by Gasteiger charge is -2.24. The average Bonchev–Trinajstić information content (AvgIpc) is 2.85. The number of anilines is 1. The van der Waals surface area contributed by atoms with Gasteiger partial charge in [-0.2, -0.15) is 13.2 Å². The Hall–Kier alpha value is -4.09. The number of carboxylic acids is 1. The Morgan fingerprint density at radius 2 is 1.18 bits per heavy atom. The fourth-order valence-corrected chi connectivity index (χ4v) is 3.57. The standard InChI is InChI=1S/C25H16Cl2F3NO7/c26-16-10-4-1-7-13(16)23(35)37-19(21(32)31-18-12-6-3-9-15(18)25(28,29)30)20(22(33)34)38-24(36)14-8-2-5-11-17(14)27/h1-12,19-20H,(H,31,32)(H,33,34)/t19-,20+/m1/s1. The van der Waals surface area contributed by atoms with Crippen LogP contribution in [0.2, 0.25) is 10.0 Å². The fourth-order valence-electron chi connectivity index (χ4n) is 3.15. The summed E-state index contributed by atoms with van der Waals surface area (Å²) in [5.74, 6) is -6.08. The number of halogens is 5. The van der Waals surface area contributed by atoms with E-state index in [1.807, 2.05) is 5.32 Å². The maximum atomic E-state index is 13.4. The summed E-state index contributed by atoms with van der Waals surface area (Å²) in [6.45, 7) is 0. The second-order valence-corrected chi connectivity index (χ2v) is 8.30. The molecule has 0 aliphatic rings. The van der Waals surface area contributed by atoms with Crippen LogP contribution in [0.15, 0.2) is 72.8 Å². The van der Waals surface area contributed by atoms with E-state index in [0.717, 1.165) is 12.1 Å². The third kappa shape index (κ3) is 6.81. The smallest absolute Gasteiger partial charge is 0.418 e. The molecule has 13 heteroatoms. The number of para-hydroxylation sites is 1. The van der Waals surface area contributed by atoms with Crippen molar-refractivity contribution in [3.05, 3.63) is 99.5 Å². The summed E-state index contributed by atoms with van der Waals surface area (Å²) < 4.78 is 50.3. The van der Waals surface area contributed by atoms with Crippen LogP contribution in [-0.2, 0) is 25.2 Å². The predicted molar refractivity (Wildman–Crippen MR) is 129 cm³/mol. The molecule has 0 aromatic heterocycles. The Balaban J connectivity index is 2.00. The second kappa shape index (κ2) is 12.0. The molecule has 0 unspecified atom stereocenters. The summed E-state index contributed by atoms with van der Waals surface area (Å²) in [7, 11) is 0. The zero-order chi connectivity index (χ0) is 28.0. The van der Waals surface area contributed by atoms with Crippen molar-refractivity contribution in [3.63, 3.8) is 0 Å². The van der Waals surface area contributed by atoms with Gasteiger partial charge in [-0.05, 0) is 36.4 Å². The summed E-state index contributed by atoms with van der Waals surface area (Å²) in [6.07, 6.45) is -9.84. The van der Waals surface area contributed by atoms with Crippen LogP contribution in [0, 0.1) is 0 Å². The SMILES string of the molecule is O=C(O[C@H](C(=O)O)[C@@H](OC(=O)c1ccccc1Cl)C(=O)Nc1ccccc1C(F)(F)F)c1ccccc1Cl. The number of esters is 2. The van der Waals surface area contributed by atoms with Gasteiger partial charge in [0.2, 0.25) is 12.2 Å². The number of carboxylic acid groups (broad SMARTS) is 1. The van der Waals surface area contributed by atoms with Crippen molar-refractivity contribution in [1.82, 2.24) is 0 Å². The summed E-state index contributed by atoms with van der Waals surface area (Å²) in [4.78, 5) is 50.6. The monoisotopic (exact) mass is 569 g/mol. The van der Waals surface area contributed by atoms with E-state index in [1.54, 1.807) is 0 Å². The molecule has 0 saturated carbocycles. The number of carbonyl (C=O) groups is 4. The molecule has 0 radical (unpaired) electrons. The van der Waals surface area contributed by atoms with E-state index >= 15 is 0 Å². The highest BCUT2D eigenvalue weighted by atomic mass is 35.5. The molecule has 0 fully saturated rings. The first-order chi connectivity index (χ1) is 17.9. The van der Waals surface area contributed by atoms with Crippen molar-refractivity contribution >= 4 is 52.7 Å². The molecule has 0 aliphatic heterocycles. The van der Waals surface area contributed by atoms with Gasteiger partial charge in [-0.25, -0.2) is 14.4 Å². The van der Waals surface area contributed by atoms with E-state index in [0.29, 0.717) is 6.07 Å². The lowest BCUT2D eigenvalue weighted by molar-refractivity contribution is -0.157. The van der Waals surface area contributed by atoms with E-state index in [9.17, 15) is 37.5 Å². The van der Waals surface area contributed by atoms with Gasteiger partial charge in [-0.1, -0.05) is 59.6 Å². The third-order valence-electron chi connectivity index (χ3n) is 4.92. The Labute approximate surface area is 222 Å². The molecule has 0 heterocycles. The average molecular weight is 570 g/mol. The van der Waals surface area contributed by atoms with Crippen LogP contribution in [0.3, 0.4) is 0 Å². The van der Waals surface area contributed by atoms with Crippen molar-refractivity contribution in [2.24, 2.45) is 0 Å². The fraction of sp³-hybridized carbons (Fsp3) is 0.120. The highest BCUT2D eigenvalue weighted by Gasteiger charge is 2.42. The number of hydrogen-bond acceptors (Lipinski definition) is 6. The van der Waals surface area contributed by atoms with Crippen molar-refractivity contribution in [1.29, 1.82) is 0 Å². The van der Waals surface area contributed by atoms with Crippen LogP contribution < -0.4 is 5.32 Å². The van der Waals surface area contributed by atoms with Crippen LogP contribution in [0.1, 0.15) is 26.3 Å². The second-order valence-electron chi connectivity index (χ2n) is 7.48. The number of amides is 1. The number of rotatable bonds is 8. The molecule has 38 heavy (non-hydrogen) atoms. The first-order valence-electron chi connectivity index (χ1n) is 10.5. The van der Waals surface area contributed by atoms with E-state index in [1.165, 1.54) is 54.6 Å². The Morgan fingerprint density at radius 1 is 0.737 bits per heavy atom. The minimum atomic E-state index is -4.89. The van der Waals surface area contributed by atoms with Crippen molar-refractivity contribution < 1.29 is 46.9 Å². The number of alkyl halides is 3. The van der Waals surface area contributed by atoms with Gasteiger partial charge in [0.25, 0.3) is 5.91 Å². The van der Waals surface area contributed by atoms with Gasteiger partial charge in [0.1, 0.15) is 0 Å². The number of benzene rings is 3. The maximum absolute atomic E-state index is 13.4. The van der Waals surface area contributed by atoms with Gasteiger partial charge in [-0.3, -0.25) is 4.79 Å². The highest BCUT2D eigenvalue weighted by molar-refractivity contribution is 6.34. The van der Waals surface area contributed by atoms with Gasteiger partial charge in [-0.15, -0.1) is 0 Å². The first-order valence-corrected chi connectivity index (χ1v) is 11.3. The van der Waals surface area contributed by atoms with E-state index < -0.39 is 53.5 Å². The van der Waals surface area contributed by atoms with Gasteiger partial charge in [0, 0.05) is 0 Å². The molecule has 2 N–H and O–H groups in total. The zero-order valence-corrected chi connectivity index (χ0v) is 20.4. The molecule has 198 valence electrons. The molecule has 0 bridgehead atoms. The van der Waals surface area contributed by atoms with Crippen LogP contribution in [-0.4, -0.2) is 41.1 Å². The minimum Gasteiger partial charge on any atom is -0.478 e. The summed E-state index contributed by atoms with van der Waals surface area (Å²) >= 11 is 11.9. The Bertz CT molecular complexity index is 1380. The number of ether oxygens (including phenoxy) is 2. The quantitative estimate of drug-likeness (QED) is 0.344. The lowest BCUT2D eigenvalue weighted by Crippen LogP contribution is -2.48. The molecule has 2 atom stereocenters. The summed E-state index contributed by atoms with van der Waals surface area (Å²) in [5, 5.41) is 11.4. The van der Waals surface area contributed by atoms with Gasteiger partial charge >= 0.3 is 24.1 Å². The van der Waals surface area contributed by atoms with Gasteiger partial charge < -0.3 is 19.9 Å². The third-order valence-corrected chi connectivity index (χ3v) is 5.58. The Morgan fingerprint density at radius 3 is 1.66 bits per heavy atom. The molecule has 0 spiro atoms. The molecule has 0 saturated heterocycles. The van der Waals surface area contributed by atoms with Crippen molar-refractivity contribution in [2.75, 3.05) is 5.32 Å². The zero-order valence-electron chi connectivity index (χ0n) is 18.9. The van der Waals surface area contributed by atoms with Crippen LogP contribution in [0.4, 0.5) is 18.9 Å². The van der Waals surface area contributed by atoms with Gasteiger partial charge in [0.15, 0.2) is 0 Å². The topological polar surface area (TPSA) is 119 Å². The van der Waals surface area contributed by atoms with Crippen LogP contribution in [0.25, 0.3) is 0 Å². The van der Waals surface area contributed by atoms with E-state index in [-0.39, 0.29) is 21.2 Å². The number of nitrogens with one attached hydrogen (secondary N) is 1. The summed E-state index contributed by atoms with van der Waals surface area (Å²) in [5.41, 5.74) is -2.58. The van der Waals surface area contributed by atoms with Crippen LogP contribution >= 0.6 is 23.2 Å². The molecule has 3 aromatic carbocycles. The lowest BCUT2D eigenvalue weighted by atomic mass is 10.1. The van der Waals surface area contributed by atoms with Crippen molar-refractivity contribution in [3.8, 4) is 0 Å². The number of hydrogen-bond donors (Lipinski definition) is 2. The van der Waals surface area contributed by atoms with Crippen LogP contribution in [0.5, 0.6) is 0 Å². The number of aliphatic carboxylic acids is 1. The molecule has 3 rings (SSSR count). The molecule has 0 aliphatic carbocycles. The number of carbonyl (C=O) groups excluding carboxylic acids is 3. The highest BCUT2D eigenvalue weighted by Crippen LogP contribution is 2.35. The molecular weight excluding hydrogens is 554 g/mol. The van der Waals surface area contributed by atoms with E-state index in [4.69, 9.17) is 32.7 Å².